The van der Waals surface area contributed by atoms with Crippen molar-refractivity contribution in [2.75, 3.05) is 12.3 Å². The van der Waals surface area contributed by atoms with Crippen LogP contribution in [0.3, 0.4) is 0 Å². The van der Waals surface area contributed by atoms with Gasteiger partial charge in [0.2, 0.25) is 0 Å². The molecular weight excluding hydrogens is 200 g/mol. The van der Waals surface area contributed by atoms with E-state index in [0.717, 1.165) is 24.2 Å². The van der Waals surface area contributed by atoms with E-state index in [-0.39, 0.29) is 0 Å². The average molecular weight is 216 g/mol. The number of hydrogen-bond acceptors (Lipinski definition) is 3. The van der Waals surface area contributed by atoms with Gasteiger partial charge in [-0.05, 0) is 37.6 Å². The minimum absolute atomic E-state index is 0.570. The van der Waals surface area contributed by atoms with Crippen LogP contribution in [-0.2, 0) is 6.54 Å². The molecule has 2 aromatic rings. The second-order valence-corrected chi connectivity index (χ2v) is 4.44. The minimum atomic E-state index is 0.570. The molecule has 1 aliphatic heterocycles. The van der Waals surface area contributed by atoms with Crippen molar-refractivity contribution in [2.45, 2.75) is 25.4 Å². The summed E-state index contributed by atoms with van der Waals surface area (Å²) in [6.45, 7) is 2.09. The molecule has 1 fully saturated rings. The highest BCUT2D eigenvalue weighted by Gasteiger charge is 2.15. The minimum Gasteiger partial charge on any atom is -0.399 e. The first-order valence-electron chi connectivity index (χ1n) is 5.77. The van der Waals surface area contributed by atoms with E-state index in [1.807, 2.05) is 24.4 Å². The van der Waals surface area contributed by atoms with Gasteiger partial charge < -0.3 is 11.1 Å². The summed E-state index contributed by atoms with van der Waals surface area (Å²) in [6, 6.07) is 6.52. The van der Waals surface area contributed by atoms with E-state index in [2.05, 4.69) is 15.1 Å². The quantitative estimate of drug-likeness (QED) is 0.745. The molecular formula is C12H16N4. The maximum absolute atomic E-state index is 5.75. The summed E-state index contributed by atoms with van der Waals surface area (Å²) in [7, 11) is 0. The molecule has 1 saturated heterocycles. The molecule has 0 radical (unpaired) electrons. The van der Waals surface area contributed by atoms with Crippen molar-refractivity contribution in [3.05, 3.63) is 24.4 Å². The van der Waals surface area contributed by atoms with Gasteiger partial charge in [-0.1, -0.05) is 0 Å². The van der Waals surface area contributed by atoms with Crippen molar-refractivity contribution in [2.24, 2.45) is 0 Å². The molecule has 4 nitrogen and oxygen atoms in total. The largest absolute Gasteiger partial charge is 0.399 e. The third kappa shape index (κ3) is 1.65. The first kappa shape index (κ1) is 9.66. The molecule has 4 heteroatoms. The summed E-state index contributed by atoms with van der Waals surface area (Å²) in [5.74, 6) is 0. The Labute approximate surface area is 94.4 Å². The molecule has 0 bridgehead atoms. The highest BCUT2D eigenvalue weighted by atomic mass is 15.3. The van der Waals surface area contributed by atoms with Crippen molar-refractivity contribution >= 4 is 16.6 Å². The fraction of sp³-hybridized carbons (Fsp3) is 0.417. The fourth-order valence-corrected chi connectivity index (χ4v) is 2.37. The predicted molar refractivity (Wildman–Crippen MR) is 65.2 cm³/mol. The molecule has 1 aromatic carbocycles. The molecule has 3 rings (SSSR count). The summed E-state index contributed by atoms with van der Waals surface area (Å²) in [5, 5.41) is 9.03. The number of hydrogen-bond donors (Lipinski definition) is 2. The standard InChI is InChI=1S/C12H16N4/c13-10-3-4-12-9(6-10)7-15-16(12)8-11-2-1-5-14-11/h3-4,6-7,11,14H,1-2,5,8,13H2/t11-/m0/s1. The zero-order valence-corrected chi connectivity index (χ0v) is 9.19. The van der Waals surface area contributed by atoms with Crippen LogP contribution in [0.2, 0.25) is 0 Å². The molecule has 1 atom stereocenters. The number of aromatic nitrogens is 2. The number of nitrogens with zero attached hydrogens (tertiary/aromatic N) is 2. The smallest absolute Gasteiger partial charge is 0.0684 e. The van der Waals surface area contributed by atoms with E-state index < -0.39 is 0 Å². The van der Waals surface area contributed by atoms with E-state index >= 15 is 0 Å². The van der Waals surface area contributed by atoms with Crippen LogP contribution in [0, 0.1) is 0 Å². The van der Waals surface area contributed by atoms with Gasteiger partial charge in [0.15, 0.2) is 0 Å². The summed E-state index contributed by atoms with van der Waals surface area (Å²) in [6.07, 6.45) is 4.41. The highest BCUT2D eigenvalue weighted by Crippen LogP contribution is 2.18. The van der Waals surface area contributed by atoms with Crippen molar-refractivity contribution in [3.63, 3.8) is 0 Å². The Hall–Kier alpha value is -1.55. The molecule has 0 saturated carbocycles. The summed E-state index contributed by atoms with van der Waals surface area (Å²) >= 11 is 0. The zero-order chi connectivity index (χ0) is 11.0. The van der Waals surface area contributed by atoms with Crippen LogP contribution < -0.4 is 11.1 Å². The number of nitrogens with one attached hydrogen (secondary N) is 1. The Kier molecular flexibility index (Phi) is 2.29. The number of nitrogens with two attached hydrogens (primary N) is 1. The van der Waals surface area contributed by atoms with E-state index in [4.69, 9.17) is 5.73 Å². The Bertz CT molecular complexity index is 497. The van der Waals surface area contributed by atoms with Gasteiger partial charge in [0.25, 0.3) is 0 Å². The predicted octanol–water partition coefficient (Wildman–Crippen LogP) is 1.37. The second-order valence-electron chi connectivity index (χ2n) is 4.44. The highest BCUT2D eigenvalue weighted by molar-refractivity contribution is 5.81. The molecule has 1 aromatic heterocycles. The Morgan fingerprint density at radius 2 is 2.44 bits per heavy atom. The van der Waals surface area contributed by atoms with Crippen LogP contribution in [0.15, 0.2) is 24.4 Å². The van der Waals surface area contributed by atoms with Crippen LogP contribution in [-0.4, -0.2) is 22.4 Å². The van der Waals surface area contributed by atoms with Crippen molar-refractivity contribution < 1.29 is 0 Å². The fourth-order valence-electron chi connectivity index (χ4n) is 2.37. The van der Waals surface area contributed by atoms with E-state index in [1.165, 1.54) is 18.4 Å². The van der Waals surface area contributed by atoms with Gasteiger partial charge in [-0.25, -0.2) is 0 Å². The first-order chi connectivity index (χ1) is 7.83. The molecule has 1 aliphatic rings. The Morgan fingerprint density at radius 1 is 1.50 bits per heavy atom. The van der Waals surface area contributed by atoms with Crippen LogP contribution >= 0.6 is 0 Å². The number of anilines is 1. The number of benzene rings is 1. The molecule has 84 valence electrons. The molecule has 0 unspecified atom stereocenters. The second kappa shape index (κ2) is 3.79. The summed E-state index contributed by atoms with van der Waals surface area (Å²) in [5.41, 5.74) is 7.71. The molecule has 0 aliphatic carbocycles. The molecule has 0 amide bonds. The van der Waals surface area contributed by atoms with E-state index in [1.54, 1.807) is 0 Å². The van der Waals surface area contributed by atoms with Crippen LogP contribution in [0.1, 0.15) is 12.8 Å². The summed E-state index contributed by atoms with van der Waals surface area (Å²) < 4.78 is 2.07. The average Bonchev–Trinajstić information content (AvgIpc) is 2.89. The normalized spacial score (nSPS) is 20.6. The Morgan fingerprint density at radius 3 is 3.25 bits per heavy atom. The monoisotopic (exact) mass is 216 g/mol. The van der Waals surface area contributed by atoms with Gasteiger partial charge in [-0.3, -0.25) is 4.68 Å². The number of nitrogen functional groups attached to an aromatic ring is 1. The van der Waals surface area contributed by atoms with Crippen LogP contribution in [0.25, 0.3) is 10.9 Å². The lowest BCUT2D eigenvalue weighted by atomic mass is 10.2. The molecule has 16 heavy (non-hydrogen) atoms. The lowest BCUT2D eigenvalue weighted by Crippen LogP contribution is -2.27. The zero-order valence-electron chi connectivity index (χ0n) is 9.19. The first-order valence-corrected chi connectivity index (χ1v) is 5.77. The molecule has 3 N–H and O–H groups in total. The van der Waals surface area contributed by atoms with E-state index in [0.29, 0.717) is 6.04 Å². The van der Waals surface area contributed by atoms with Gasteiger partial charge in [-0.2, -0.15) is 5.10 Å². The van der Waals surface area contributed by atoms with Gasteiger partial charge in [-0.15, -0.1) is 0 Å². The number of fused-ring (bicyclic) bond motifs is 1. The topological polar surface area (TPSA) is 55.9 Å². The summed E-state index contributed by atoms with van der Waals surface area (Å²) in [4.78, 5) is 0. The molecule has 0 spiro atoms. The lowest BCUT2D eigenvalue weighted by Gasteiger charge is -2.10. The third-order valence-electron chi connectivity index (χ3n) is 3.22. The third-order valence-corrected chi connectivity index (χ3v) is 3.22. The van der Waals surface area contributed by atoms with Crippen molar-refractivity contribution in [3.8, 4) is 0 Å². The molecule has 2 heterocycles. The van der Waals surface area contributed by atoms with Gasteiger partial charge >= 0.3 is 0 Å². The van der Waals surface area contributed by atoms with E-state index in [9.17, 15) is 0 Å². The van der Waals surface area contributed by atoms with Crippen molar-refractivity contribution in [1.82, 2.24) is 15.1 Å². The maximum atomic E-state index is 5.75. The SMILES string of the molecule is Nc1ccc2c(cnn2C[C@@H]2CCCN2)c1. The van der Waals surface area contributed by atoms with Gasteiger partial charge in [0.05, 0.1) is 18.3 Å². The van der Waals surface area contributed by atoms with Crippen molar-refractivity contribution in [1.29, 1.82) is 0 Å². The van der Waals surface area contributed by atoms with Crippen LogP contribution in [0.4, 0.5) is 5.69 Å². The number of rotatable bonds is 2. The van der Waals surface area contributed by atoms with Gasteiger partial charge in [0.1, 0.15) is 0 Å². The van der Waals surface area contributed by atoms with Crippen LogP contribution in [0.5, 0.6) is 0 Å². The maximum Gasteiger partial charge on any atom is 0.0684 e. The van der Waals surface area contributed by atoms with Gasteiger partial charge in [0, 0.05) is 17.1 Å². The lowest BCUT2D eigenvalue weighted by molar-refractivity contribution is 0.486. The Balaban J connectivity index is 1.91.